The minimum atomic E-state index is -0.580. The summed E-state index contributed by atoms with van der Waals surface area (Å²) in [5.41, 5.74) is 0.966. The van der Waals surface area contributed by atoms with Gasteiger partial charge in [0.25, 0.3) is 0 Å². The van der Waals surface area contributed by atoms with E-state index < -0.39 is 17.7 Å². The monoisotopic (exact) mass is 364 g/mol. The van der Waals surface area contributed by atoms with Crippen LogP contribution in [0.4, 0.5) is 4.79 Å². The Balaban J connectivity index is 2.29. The van der Waals surface area contributed by atoms with Gasteiger partial charge in [-0.05, 0) is 27.7 Å². The van der Waals surface area contributed by atoms with Crippen molar-refractivity contribution in [2.75, 3.05) is 20.2 Å². The van der Waals surface area contributed by atoms with E-state index in [1.807, 2.05) is 33.0 Å². The van der Waals surface area contributed by atoms with Crippen LogP contribution in [0.5, 0.6) is 0 Å². The molecular weight excluding hydrogens is 338 g/mol. The molecule has 142 valence electrons. The second-order valence-electron chi connectivity index (χ2n) is 7.12. The highest BCUT2D eigenvalue weighted by Gasteiger charge is 2.33. The molecule has 1 aromatic heterocycles. The van der Waals surface area contributed by atoms with Crippen LogP contribution < -0.4 is 5.32 Å². The first-order chi connectivity index (χ1) is 12.2. The molecule has 0 saturated carbocycles. The van der Waals surface area contributed by atoms with Crippen molar-refractivity contribution in [3.8, 4) is 0 Å². The Morgan fingerprint density at radius 3 is 2.69 bits per heavy atom. The van der Waals surface area contributed by atoms with E-state index in [1.54, 1.807) is 4.90 Å². The molecule has 1 amide bonds. The Morgan fingerprint density at radius 1 is 1.42 bits per heavy atom. The average Bonchev–Trinajstić information content (AvgIpc) is 3.04. The first-order valence-electron chi connectivity index (χ1n) is 8.36. The molecule has 0 unspecified atom stereocenters. The predicted octanol–water partition coefficient (Wildman–Crippen LogP) is 0.690. The summed E-state index contributed by atoms with van der Waals surface area (Å²) in [5.74, 6) is -0.498. The molecule has 2 heterocycles. The number of quaternary nitrogens is 1. The number of hydrogen-bond donors (Lipinski definition) is 2. The van der Waals surface area contributed by atoms with E-state index in [4.69, 9.17) is 10.1 Å². The summed E-state index contributed by atoms with van der Waals surface area (Å²) in [6, 6.07) is -0.0103. The average molecular weight is 364 g/mol. The van der Waals surface area contributed by atoms with E-state index in [-0.39, 0.29) is 6.04 Å². The minimum absolute atomic E-state index is 0.0103. The Morgan fingerprint density at radius 2 is 2.12 bits per heavy atom. The molecule has 1 aromatic rings. The fraction of sp³-hybridized carbons (Fsp3) is 0.529. The minimum Gasteiger partial charge on any atom is -0.465 e. The highest BCUT2D eigenvalue weighted by Crippen LogP contribution is 2.16. The normalized spacial score (nSPS) is 19.7. The van der Waals surface area contributed by atoms with E-state index in [1.165, 1.54) is 24.2 Å². The van der Waals surface area contributed by atoms with Crippen LogP contribution in [0.1, 0.15) is 38.1 Å². The smallest absolute Gasteiger partial charge is 0.411 e. The van der Waals surface area contributed by atoms with Gasteiger partial charge in [0, 0.05) is 12.4 Å². The summed E-state index contributed by atoms with van der Waals surface area (Å²) in [4.78, 5) is 25.7. The number of amides is 1. The molecule has 1 fully saturated rings. The first-order valence-corrected chi connectivity index (χ1v) is 8.36. The lowest BCUT2D eigenvalue weighted by Gasteiger charge is -2.34. The molecule has 0 aliphatic carbocycles. The van der Waals surface area contributed by atoms with Gasteiger partial charge < -0.3 is 20.2 Å². The number of esters is 1. The summed E-state index contributed by atoms with van der Waals surface area (Å²) in [7, 11) is 1.30. The van der Waals surface area contributed by atoms with Crippen LogP contribution in [0.25, 0.3) is 5.70 Å². The zero-order valence-electron chi connectivity index (χ0n) is 15.8. The van der Waals surface area contributed by atoms with E-state index in [0.29, 0.717) is 24.4 Å². The third-order valence-electron chi connectivity index (χ3n) is 3.92. The molecule has 0 bridgehead atoms. The number of carbonyl (C=O) groups is 2. The molecule has 1 aliphatic heterocycles. The number of allylic oxidation sites excluding steroid dienone is 1. The summed E-state index contributed by atoms with van der Waals surface area (Å²) < 4.78 is 11.6. The van der Waals surface area contributed by atoms with Gasteiger partial charge in [0.2, 0.25) is 0 Å². The third kappa shape index (κ3) is 4.48. The number of rotatable bonds is 3. The second-order valence-corrected chi connectivity index (χ2v) is 7.12. The fourth-order valence-corrected chi connectivity index (χ4v) is 2.58. The quantitative estimate of drug-likeness (QED) is 0.605. The highest BCUT2D eigenvalue weighted by molar-refractivity contribution is 6.01. The molecule has 9 heteroatoms. The van der Waals surface area contributed by atoms with Crippen LogP contribution >= 0.6 is 0 Å². The van der Waals surface area contributed by atoms with E-state index in [2.05, 4.69) is 9.84 Å². The topological polar surface area (TPSA) is 114 Å². The van der Waals surface area contributed by atoms with Crippen molar-refractivity contribution in [1.29, 1.82) is 5.41 Å². The number of carbonyl (C=O) groups excluding carboxylic acids is 2. The maximum atomic E-state index is 12.5. The van der Waals surface area contributed by atoms with Crippen LogP contribution in [0.2, 0.25) is 0 Å². The predicted molar refractivity (Wildman–Crippen MR) is 94.8 cm³/mol. The Labute approximate surface area is 152 Å². The standard InChI is InChI=1S/C17H25N5O4/c1-11-7-19-13(10-21(11)16(24)26-17(2,3)4)14(6-18)22-9-12(8-20-22)15(23)25-5/h6,8-9,11,18-19H,7,10H2,1-5H3/p+1/b14-13+,18-6?/t11-/m0/s1. The molecule has 1 saturated heterocycles. The van der Waals surface area contributed by atoms with Gasteiger partial charge in [-0.25, -0.2) is 14.3 Å². The number of nitrogens with two attached hydrogens (primary N) is 1. The van der Waals surface area contributed by atoms with Gasteiger partial charge in [-0.3, -0.25) is 4.90 Å². The van der Waals surface area contributed by atoms with Crippen molar-refractivity contribution in [3.05, 3.63) is 23.7 Å². The van der Waals surface area contributed by atoms with Gasteiger partial charge in [0.05, 0.1) is 24.9 Å². The zero-order valence-corrected chi connectivity index (χ0v) is 15.8. The first kappa shape index (κ1) is 19.6. The maximum absolute atomic E-state index is 12.5. The summed E-state index contributed by atoms with van der Waals surface area (Å²) >= 11 is 0. The molecule has 3 N–H and O–H groups in total. The molecule has 0 radical (unpaired) electrons. The lowest BCUT2D eigenvalue weighted by molar-refractivity contribution is -0.620. The van der Waals surface area contributed by atoms with Gasteiger partial charge in [0.15, 0.2) is 5.70 Å². The number of methoxy groups -OCH3 is 1. The van der Waals surface area contributed by atoms with Gasteiger partial charge in [-0.15, -0.1) is 0 Å². The van der Waals surface area contributed by atoms with Crippen molar-refractivity contribution in [1.82, 2.24) is 14.7 Å². The van der Waals surface area contributed by atoms with Crippen molar-refractivity contribution < 1.29 is 24.4 Å². The van der Waals surface area contributed by atoms with Gasteiger partial charge in [-0.2, -0.15) is 5.10 Å². The molecule has 1 atom stereocenters. The van der Waals surface area contributed by atoms with Crippen LogP contribution in [-0.2, 0) is 9.47 Å². The van der Waals surface area contributed by atoms with Gasteiger partial charge in [0.1, 0.15) is 24.4 Å². The number of ether oxygens (including phenoxy) is 2. The van der Waals surface area contributed by atoms with Crippen molar-refractivity contribution in [2.45, 2.75) is 39.3 Å². The summed E-state index contributed by atoms with van der Waals surface area (Å²) in [5, 5.41) is 13.9. The Bertz CT molecular complexity index is 732. The van der Waals surface area contributed by atoms with E-state index in [0.717, 1.165) is 11.9 Å². The highest BCUT2D eigenvalue weighted by atomic mass is 16.6. The lowest BCUT2D eigenvalue weighted by atomic mass is 10.1. The molecule has 2 rings (SSSR count). The third-order valence-corrected chi connectivity index (χ3v) is 3.92. The molecule has 9 nitrogen and oxygen atoms in total. The zero-order chi connectivity index (χ0) is 19.5. The number of aromatic nitrogens is 2. The number of piperazine rings is 1. The number of hydrogen-bond acceptors (Lipinski definition) is 6. The Kier molecular flexibility index (Phi) is 5.81. The Hall–Kier alpha value is -2.68. The van der Waals surface area contributed by atoms with E-state index >= 15 is 0 Å². The summed E-state index contributed by atoms with van der Waals surface area (Å²) in [6.07, 6.45) is 3.65. The largest absolute Gasteiger partial charge is 0.465 e. The maximum Gasteiger partial charge on any atom is 0.411 e. The van der Waals surface area contributed by atoms with Crippen LogP contribution in [0.15, 0.2) is 18.1 Å². The summed E-state index contributed by atoms with van der Waals surface area (Å²) in [6.45, 7) is 8.35. The van der Waals surface area contributed by atoms with Crippen LogP contribution in [-0.4, -0.2) is 64.8 Å². The van der Waals surface area contributed by atoms with Crippen LogP contribution in [0.3, 0.4) is 0 Å². The number of nitrogens with one attached hydrogen (secondary N) is 1. The second kappa shape index (κ2) is 7.69. The van der Waals surface area contributed by atoms with Gasteiger partial charge >= 0.3 is 12.1 Å². The SMILES string of the molecule is COC(=O)c1cnn(/C(C=N)=C2\CN(C(=O)OC(C)(C)C)[C@@H](C)C[NH2+]2)c1. The van der Waals surface area contributed by atoms with Crippen molar-refractivity contribution in [3.63, 3.8) is 0 Å². The molecule has 0 aromatic carbocycles. The molecule has 1 aliphatic rings. The number of nitrogens with zero attached hydrogens (tertiary/aromatic N) is 3. The van der Waals surface area contributed by atoms with E-state index in [9.17, 15) is 9.59 Å². The van der Waals surface area contributed by atoms with Crippen molar-refractivity contribution >= 4 is 24.0 Å². The lowest BCUT2D eigenvalue weighted by Crippen LogP contribution is -2.90. The van der Waals surface area contributed by atoms with Gasteiger partial charge in [-0.1, -0.05) is 0 Å². The molecule has 26 heavy (non-hydrogen) atoms. The van der Waals surface area contributed by atoms with Crippen molar-refractivity contribution in [2.24, 2.45) is 0 Å². The van der Waals surface area contributed by atoms with Crippen LogP contribution in [0, 0.1) is 5.41 Å². The molecular formula is C17H26N5O4+. The molecule has 0 spiro atoms. The fourth-order valence-electron chi connectivity index (χ4n) is 2.58.